The van der Waals surface area contributed by atoms with Crippen molar-refractivity contribution in [1.29, 1.82) is 0 Å². The summed E-state index contributed by atoms with van der Waals surface area (Å²) < 4.78 is 16.1. The summed E-state index contributed by atoms with van der Waals surface area (Å²) in [7, 11) is 0. The fourth-order valence-electron chi connectivity index (χ4n) is 2.37. The fourth-order valence-corrected chi connectivity index (χ4v) is 2.37. The number of rotatable bonds is 5. The molecule has 2 aliphatic rings. The molecule has 0 aromatic rings. The first-order chi connectivity index (χ1) is 8.94. The van der Waals surface area contributed by atoms with Crippen LogP contribution < -0.4 is 0 Å². The lowest BCUT2D eigenvalue weighted by Crippen LogP contribution is -2.49. The zero-order valence-corrected chi connectivity index (χ0v) is 11.4. The summed E-state index contributed by atoms with van der Waals surface area (Å²) in [6.45, 7) is 8.20. The van der Waals surface area contributed by atoms with Gasteiger partial charge in [0.1, 0.15) is 18.8 Å². The van der Waals surface area contributed by atoms with Crippen molar-refractivity contribution in [2.45, 2.75) is 44.3 Å². The maximum Gasteiger partial charge on any atom is 0.410 e. The lowest BCUT2D eigenvalue weighted by Gasteiger charge is -2.28. The van der Waals surface area contributed by atoms with Crippen LogP contribution in [0.4, 0.5) is 4.79 Å². The van der Waals surface area contributed by atoms with E-state index in [0.717, 1.165) is 0 Å². The Labute approximate surface area is 112 Å². The molecule has 2 rings (SSSR count). The topological polar surface area (TPSA) is 68.2 Å². The highest BCUT2D eigenvalue weighted by atomic mass is 16.7. The van der Waals surface area contributed by atoms with Gasteiger partial charge in [-0.1, -0.05) is 6.08 Å². The molecular formula is C13H21NO5. The summed E-state index contributed by atoms with van der Waals surface area (Å²) in [5, 5.41) is 10.4. The average molecular weight is 271 g/mol. The molecule has 19 heavy (non-hydrogen) atoms. The number of aliphatic hydroxyl groups excluding tert-OH is 1. The van der Waals surface area contributed by atoms with Crippen LogP contribution in [0.5, 0.6) is 0 Å². The predicted octanol–water partition coefficient (Wildman–Crippen LogP) is 0.896. The molecule has 0 radical (unpaired) electrons. The van der Waals surface area contributed by atoms with Crippen LogP contribution in [0.15, 0.2) is 12.7 Å². The molecule has 6 nitrogen and oxygen atoms in total. The largest absolute Gasteiger partial charge is 0.447 e. The zero-order chi connectivity index (χ0) is 14.0. The molecule has 2 saturated heterocycles. The summed E-state index contributed by atoms with van der Waals surface area (Å²) in [6, 6.07) is -0.394. The minimum Gasteiger partial charge on any atom is -0.447 e. The molecule has 0 saturated carbocycles. The van der Waals surface area contributed by atoms with Gasteiger partial charge in [0.25, 0.3) is 0 Å². The molecule has 0 aliphatic carbocycles. The number of hydrogen-bond donors (Lipinski definition) is 1. The van der Waals surface area contributed by atoms with Crippen LogP contribution in [0.2, 0.25) is 0 Å². The lowest BCUT2D eigenvalue weighted by atomic mass is 10.1. The van der Waals surface area contributed by atoms with Gasteiger partial charge < -0.3 is 19.3 Å². The summed E-state index contributed by atoms with van der Waals surface area (Å²) in [4.78, 5) is 13.2. The van der Waals surface area contributed by atoms with Crippen molar-refractivity contribution >= 4 is 6.09 Å². The molecule has 2 aliphatic heterocycles. The van der Waals surface area contributed by atoms with Crippen LogP contribution >= 0.6 is 0 Å². The third kappa shape index (κ3) is 3.08. The Morgan fingerprint density at radius 3 is 2.89 bits per heavy atom. The van der Waals surface area contributed by atoms with Gasteiger partial charge in [-0.3, -0.25) is 4.90 Å². The lowest BCUT2D eigenvalue weighted by molar-refractivity contribution is -0.155. The van der Waals surface area contributed by atoms with Crippen LogP contribution in [0, 0.1) is 0 Å². The highest BCUT2D eigenvalue weighted by Gasteiger charge is 2.45. The van der Waals surface area contributed by atoms with Gasteiger partial charge in [-0.15, -0.1) is 6.58 Å². The van der Waals surface area contributed by atoms with E-state index in [9.17, 15) is 9.90 Å². The van der Waals surface area contributed by atoms with Gasteiger partial charge in [0.2, 0.25) is 0 Å². The smallest absolute Gasteiger partial charge is 0.410 e. The van der Waals surface area contributed by atoms with Gasteiger partial charge >= 0.3 is 6.09 Å². The fraction of sp³-hybridized carbons (Fsp3) is 0.769. The summed E-state index contributed by atoms with van der Waals surface area (Å²) in [6.07, 6.45) is 0.724. The Morgan fingerprint density at radius 1 is 1.58 bits per heavy atom. The van der Waals surface area contributed by atoms with Gasteiger partial charge in [0.05, 0.1) is 12.6 Å². The first kappa shape index (κ1) is 14.3. The van der Waals surface area contributed by atoms with Gasteiger partial charge in [0.15, 0.2) is 5.79 Å². The van der Waals surface area contributed by atoms with Crippen LogP contribution in [-0.4, -0.2) is 59.9 Å². The SMILES string of the molecule is C=CCCN1C(=O)OC[C@@H]1[C@@H](O)[C@H]1COC(C)(C)O1. The Bertz CT molecular complexity index is 357. The second kappa shape index (κ2) is 5.48. The molecular weight excluding hydrogens is 250 g/mol. The molecule has 0 aromatic heterocycles. The second-order valence-corrected chi connectivity index (χ2v) is 5.27. The van der Waals surface area contributed by atoms with Crippen molar-refractivity contribution in [2.75, 3.05) is 19.8 Å². The molecule has 0 unspecified atom stereocenters. The number of nitrogens with zero attached hydrogens (tertiary/aromatic N) is 1. The highest BCUT2D eigenvalue weighted by Crippen LogP contribution is 2.28. The number of aliphatic hydroxyl groups is 1. The molecule has 0 bridgehead atoms. The number of carbonyl (C=O) groups is 1. The number of amides is 1. The molecule has 1 amide bonds. The summed E-state index contributed by atoms with van der Waals surface area (Å²) >= 11 is 0. The minimum absolute atomic E-state index is 0.178. The van der Waals surface area contributed by atoms with E-state index in [1.54, 1.807) is 19.9 Å². The van der Waals surface area contributed by atoms with E-state index in [4.69, 9.17) is 14.2 Å². The molecule has 2 heterocycles. The number of cyclic esters (lactones) is 1. The molecule has 108 valence electrons. The van der Waals surface area contributed by atoms with Crippen molar-refractivity contribution in [3.63, 3.8) is 0 Å². The Kier molecular flexibility index (Phi) is 4.13. The third-order valence-corrected chi connectivity index (χ3v) is 3.39. The van der Waals surface area contributed by atoms with E-state index < -0.39 is 30.1 Å². The molecule has 3 atom stereocenters. The van der Waals surface area contributed by atoms with E-state index in [2.05, 4.69) is 6.58 Å². The van der Waals surface area contributed by atoms with Crippen molar-refractivity contribution in [1.82, 2.24) is 4.90 Å². The van der Waals surface area contributed by atoms with E-state index in [0.29, 0.717) is 19.6 Å². The minimum atomic E-state index is -0.821. The average Bonchev–Trinajstić information content (AvgIpc) is 2.89. The van der Waals surface area contributed by atoms with Crippen molar-refractivity contribution in [3.8, 4) is 0 Å². The van der Waals surface area contributed by atoms with Crippen LogP contribution in [0.1, 0.15) is 20.3 Å². The second-order valence-electron chi connectivity index (χ2n) is 5.27. The first-order valence-corrected chi connectivity index (χ1v) is 6.49. The first-order valence-electron chi connectivity index (χ1n) is 6.49. The molecule has 2 fully saturated rings. The quantitative estimate of drug-likeness (QED) is 0.752. The van der Waals surface area contributed by atoms with Gasteiger partial charge in [-0.2, -0.15) is 0 Å². The van der Waals surface area contributed by atoms with E-state index >= 15 is 0 Å². The van der Waals surface area contributed by atoms with E-state index in [1.165, 1.54) is 4.90 Å². The molecule has 6 heteroatoms. The van der Waals surface area contributed by atoms with Crippen LogP contribution in [0.3, 0.4) is 0 Å². The maximum absolute atomic E-state index is 11.6. The van der Waals surface area contributed by atoms with Crippen LogP contribution in [-0.2, 0) is 14.2 Å². The normalized spacial score (nSPS) is 31.3. The van der Waals surface area contributed by atoms with Gasteiger partial charge in [-0.05, 0) is 20.3 Å². The Balaban J connectivity index is 1.99. The zero-order valence-electron chi connectivity index (χ0n) is 11.4. The van der Waals surface area contributed by atoms with Crippen molar-refractivity contribution < 1.29 is 24.1 Å². The highest BCUT2D eigenvalue weighted by molar-refractivity contribution is 5.70. The molecule has 0 aromatic carbocycles. The monoisotopic (exact) mass is 271 g/mol. The number of ether oxygens (including phenoxy) is 3. The van der Waals surface area contributed by atoms with Crippen molar-refractivity contribution in [3.05, 3.63) is 12.7 Å². The predicted molar refractivity (Wildman–Crippen MR) is 67.6 cm³/mol. The van der Waals surface area contributed by atoms with Crippen molar-refractivity contribution in [2.24, 2.45) is 0 Å². The van der Waals surface area contributed by atoms with Gasteiger partial charge in [0, 0.05) is 6.54 Å². The third-order valence-electron chi connectivity index (χ3n) is 3.39. The van der Waals surface area contributed by atoms with E-state index in [1.807, 2.05) is 0 Å². The van der Waals surface area contributed by atoms with Crippen LogP contribution in [0.25, 0.3) is 0 Å². The Hall–Kier alpha value is -1.11. The van der Waals surface area contributed by atoms with Gasteiger partial charge in [-0.25, -0.2) is 4.79 Å². The summed E-state index contributed by atoms with van der Waals surface area (Å²) in [5.74, 6) is -0.693. The molecule has 0 spiro atoms. The standard InChI is InChI=1S/C13H21NO5/c1-4-5-6-14-9(7-17-12(14)16)11(15)10-8-18-13(2,3)19-10/h4,9-11,15H,1,5-8H2,2-3H3/t9-,10-,11-/m1/s1. The maximum atomic E-state index is 11.6. The number of hydrogen-bond acceptors (Lipinski definition) is 5. The van der Waals surface area contributed by atoms with E-state index in [-0.39, 0.29) is 6.61 Å². The molecule has 1 N–H and O–H groups in total. The summed E-state index contributed by atoms with van der Waals surface area (Å²) in [5.41, 5.74) is 0. The Morgan fingerprint density at radius 2 is 2.32 bits per heavy atom. The number of carbonyl (C=O) groups excluding carboxylic acids is 1.